The molecule has 1 aliphatic rings. The number of hydrogen-bond donors (Lipinski definition) is 0. The van der Waals surface area contributed by atoms with E-state index in [0.717, 1.165) is 6.42 Å². The van der Waals surface area contributed by atoms with E-state index < -0.39 is 6.43 Å². The van der Waals surface area contributed by atoms with Gasteiger partial charge in [-0.3, -0.25) is 4.79 Å². The number of piperidine rings is 1. The third-order valence-electron chi connectivity index (χ3n) is 4.93. The van der Waals surface area contributed by atoms with Crippen LogP contribution in [0.3, 0.4) is 0 Å². The minimum absolute atomic E-state index is 0.0956. The van der Waals surface area contributed by atoms with Crippen molar-refractivity contribution in [3.63, 3.8) is 0 Å². The smallest absolute Gasteiger partial charge is 0.280 e. The van der Waals surface area contributed by atoms with Crippen molar-refractivity contribution in [2.45, 2.75) is 25.7 Å². The van der Waals surface area contributed by atoms with E-state index in [4.69, 9.17) is 11.6 Å². The van der Waals surface area contributed by atoms with E-state index in [1.807, 2.05) is 0 Å². The molecule has 1 fully saturated rings. The summed E-state index contributed by atoms with van der Waals surface area (Å²) in [4.78, 5) is 22.9. The zero-order valence-electron chi connectivity index (χ0n) is 14.3. The summed E-state index contributed by atoms with van der Waals surface area (Å²) < 4.78 is 28.6. The molecular weight excluding hydrogens is 396 g/mol. The van der Waals surface area contributed by atoms with Crippen molar-refractivity contribution in [3.05, 3.63) is 45.1 Å². The Labute approximate surface area is 162 Å². The molecule has 1 saturated heterocycles. The van der Waals surface area contributed by atoms with Crippen molar-refractivity contribution in [2.24, 2.45) is 5.92 Å². The van der Waals surface area contributed by atoms with Gasteiger partial charge in [-0.2, -0.15) is 10.1 Å². The molecule has 0 aromatic carbocycles. The van der Waals surface area contributed by atoms with Crippen LogP contribution in [0.5, 0.6) is 0 Å². The summed E-state index contributed by atoms with van der Waals surface area (Å²) in [6, 6.07) is 4.78. The highest BCUT2D eigenvalue weighted by Crippen LogP contribution is 2.34. The summed E-state index contributed by atoms with van der Waals surface area (Å²) >= 11 is 7.18. The van der Waals surface area contributed by atoms with E-state index in [0.29, 0.717) is 28.0 Å². The number of likely N-dealkylation sites (tertiary alicyclic amines) is 1. The Morgan fingerprint density at radius 3 is 2.93 bits per heavy atom. The second-order valence-electron chi connectivity index (χ2n) is 6.61. The monoisotopic (exact) mass is 411 g/mol. The molecule has 0 aliphatic carbocycles. The van der Waals surface area contributed by atoms with Gasteiger partial charge in [0.2, 0.25) is 0 Å². The number of hydrogen-bond acceptors (Lipinski definition) is 5. The Kier molecular flexibility index (Phi) is 4.81. The van der Waals surface area contributed by atoms with E-state index in [2.05, 4.69) is 22.0 Å². The third-order valence-corrected chi connectivity index (χ3v) is 6.15. The highest BCUT2D eigenvalue weighted by Gasteiger charge is 2.33. The zero-order chi connectivity index (χ0) is 19.1. The fourth-order valence-corrected chi connectivity index (χ4v) is 4.46. The Balaban J connectivity index is 1.69. The fraction of sp³-hybridized carbons (Fsp3) is 0.412. The molecule has 3 aromatic heterocycles. The molecule has 2 atom stereocenters. The Morgan fingerprint density at radius 1 is 1.41 bits per heavy atom. The number of carbonyl (C=O) groups is 1. The van der Waals surface area contributed by atoms with Gasteiger partial charge in [0.25, 0.3) is 18.1 Å². The number of carbonyl (C=O) groups excluding carboxylic acids is 1. The molecule has 3 aromatic rings. The van der Waals surface area contributed by atoms with Crippen molar-refractivity contribution in [2.75, 3.05) is 13.1 Å². The van der Waals surface area contributed by atoms with E-state index in [9.17, 15) is 13.6 Å². The molecule has 142 valence electrons. The second-order valence-corrected chi connectivity index (χ2v) is 8.32. The topological polar surface area (TPSA) is 63.4 Å². The largest absolute Gasteiger partial charge is 0.337 e. The lowest BCUT2D eigenvalue weighted by molar-refractivity contribution is 0.0670. The van der Waals surface area contributed by atoms with Gasteiger partial charge in [-0.25, -0.2) is 18.3 Å². The average molecular weight is 412 g/mol. The third kappa shape index (κ3) is 3.41. The van der Waals surface area contributed by atoms with E-state index in [1.165, 1.54) is 28.2 Å². The molecule has 0 bridgehead atoms. The SMILES string of the molecule is C[C@@H]1CCN(C(=O)c2ccc(Cl)s2)C[C@H]1c1cc(C(F)F)nc2ncnn12. The summed E-state index contributed by atoms with van der Waals surface area (Å²) in [5.41, 5.74) is 0.271. The molecule has 4 heterocycles. The van der Waals surface area contributed by atoms with Crippen LogP contribution in [0.2, 0.25) is 4.34 Å². The van der Waals surface area contributed by atoms with Gasteiger partial charge in [0, 0.05) is 19.0 Å². The molecule has 10 heteroatoms. The Hall–Kier alpha value is -2.13. The fourth-order valence-electron chi connectivity index (χ4n) is 3.45. The number of thiophene rings is 1. The Bertz CT molecular complexity index is 991. The quantitative estimate of drug-likeness (QED) is 0.652. The molecule has 0 saturated carbocycles. The summed E-state index contributed by atoms with van der Waals surface area (Å²) in [6.07, 6.45) is -0.640. The highest BCUT2D eigenvalue weighted by atomic mass is 35.5. The number of rotatable bonds is 3. The normalized spacial score (nSPS) is 20.6. The van der Waals surface area contributed by atoms with Gasteiger partial charge in [0.15, 0.2) is 0 Å². The number of alkyl halides is 2. The van der Waals surface area contributed by atoms with Gasteiger partial charge in [-0.1, -0.05) is 18.5 Å². The number of halogens is 3. The van der Waals surface area contributed by atoms with Crippen LogP contribution >= 0.6 is 22.9 Å². The predicted octanol–water partition coefficient (Wildman–Crippen LogP) is 4.04. The Morgan fingerprint density at radius 2 is 2.22 bits per heavy atom. The summed E-state index contributed by atoms with van der Waals surface area (Å²) in [6.45, 7) is 3.08. The van der Waals surface area contributed by atoms with Crippen molar-refractivity contribution in [3.8, 4) is 0 Å². The van der Waals surface area contributed by atoms with E-state index >= 15 is 0 Å². The molecule has 6 nitrogen and oxygen atoms in total. The lowest BCUT2D eigenvalue weighted by atomic mass is 9.84. The first kappa shape index (κ1) is 18.2. The molecule has 0 unspecified atom stereocenters. The molecule has 27 heavy (non-hydrogen) atoms. The molecule has 0 radical (unpaired) electrons. The van der Waals surface area contributed by atoms with Gasteiger partial charge < -0.3 is 4.90 Å². The van der Waals surface area contributed by atoms with Crippen molar-refractivity contribution in [1.29, 1.82) is 0 Å². The molecule has 1 amide bonds. The first-order valence-corrected chi connectivity index (χ1v) is 9.67. The van der Waals surface area contributed by atoms with Crippen molar-refractivity contribution >= 4 is 34.6 Å². The van der Waals surface area contributed by atoms with Crippen LogP contribution in [0.1, 0.15) is 46.7 Å². The van der Waals surface area contributed by atoms with Crippen LogP contribution in [-0.4, -0.2) is 43.5 Å². The second kappa shape index (κ2) is 7.12. The van der Waals surface area contributed by atoms with Crippen LogP contribution in [0, 0.1) is 5.92 Å². The molecule has 4 rings (SSSR count). The molecular formula is C17H16ClF2N5OS. The van der Waals surface area contributed by atoms with E-state index in [1.54, 1.807) is 17.0 Å². The summed E-state index contributed by atoms with van der Waals surface area (Å²) in [7, 11) is 0. The lowest BCUT2D eigenvalue weighted by Gasteiger charge is -2.37. The van der Waals surface area contributed by atoms with Gasteiger partial charge in [0.05, 0.1) is 14.9 Å². The summed E-state index contributed by atoms with van der Waals surface area (Å²) in [5, 5.41) is 4.14. The molecule has 1 aliphatic heterocycles. The van der Waals surface area contributed by atoms with Gasteiger partial charge in [0.1, 0.15) is 12.0 Å². The average Bonchev–Trinajstić information content (AvgIpc) is 3.29. The molecule has 0 N–H and O–H groups in total. The highest BCUT2D eigenvalue weighted by molar-refractivity contribution is 7.17. The number of fused-ring (bicyclic) bond motifs is 1. The maximum Gasteiger partial charge on any atom is 0.280 e. The number of nitrogens with zero attached hydrogens (tertiary/aromatic N) is 5. The first-order valence-electron chi connectivity index (χ1n) is 8.47. The maximum absolute atomic E-state index is 13.3. The van der Waals surface area contributed by atoms with E-state index in [-0.39, 0.29) is 29.2 Å². The van der Waals surface area contributed by atoms with Crippen LogP contribution in [0.15, 0.2) is 24.5 Å². The standard InChI is InChI=1S/C17H16ClF2N5OS/c1-9-4-5-24(16(26)13-2-3-14(18)27-13)7-10(9)12-6-11(15(19)20)23-17-21-8-22-25(12)17/h2-3,6,8-10,15H,4-5,7H2,1H3/t9-,10-/m1/s1. The van der Waals surface area contributed by atoms with Crippen LogP contribution < -0.4 is 0 Å². The van der Waals surface area contributed by atoms with Crippen molar-refractivity contribution in [1.82, 2.24) is 24.5 Å². The van der Waals surface area contributed by atoms with Gasteiger partial charge in [-0.05, 0) is 30.5 Å². The lowest BCUT2D eigenvalue weighted by Crippen LogP contribution is -2.42. The van der Waals surface area contributed by atoms with Crippen molar-refractivity contribution < 1.29 is 13.6 Å². The number of amides is 1. The van der Waals surface area contributed by atoms with Crippen LogP contribution in [-0.2, 0) is 0 Å². The van der Waals surface area contributed by atoms with Crippen LogP contribution in [0.4, 0.5) is 8.78 Å². The predicted molar refractivity (Wildman–Crippen MR) is 97.5 cm³/mol. The van der Waals surface area contributed by atoms with Crippen LogP contribution in [0.25, 0.3) is 5.78 Å². The zero-order valence-corrected chi connectivity index (χ0v) is 15.9. The van der Waals surface area contributed by atoms with Gasteiger partial charge >= 0.3 is 0 Å². The number of aromatic nitrogens is 4. The first-order chi connectivity index (χ1) is 12.9. The minimum Gasteiger partial charge on any atom is -0.337 e. The van der Waals surface area contributed by atoms with Gasteiger partial charge in [-0.15, -0.1) is 11.3 Å². The summed E-state index contributed by atoms with van der Waals surface area (Å²) in [5.74, 6) is 0.0920. The maximum atomic E-state index is 13.3. The minimum atomic E-state index is -2.70. The molecule has 0 spiro atoms.